The highest BCUT2D eigenvalue weighted by atomic mass is 35.5. The van der Waals surface area contributed by atoms with Crippen molar-refractivity contribution in [1.82, 2.24) is 15.0 Å². The first-order chi connectivity index (χ1) is 12.0. The zero-order valence-corrected chi connectivity index (χ0v) is 14.2. The minimum absolute atomic E-state index is 0.0309. The van der Waals surface area contributed by atoms with Crippen molar-refractivity contribution in [3.63, 3.8) is 0 Å². The SMILES string of the molecule is COc1ccc(NC(=O)c2nnn(-c3ccc(F)c(Cl)c3)c2C)cc1. The normalized spacial score (nSPS) is 10.6. The maximum absolute atomic E-state index is 13.3. The Bertz CT molecular complexity index is 925. The molecule has 0 saturated carbocycles. The molecule has 0 radical (unpaired) electrons. The monoisotopic (exact) mass is 360 g/mol. The molecule has 25 heavy (non-hydrogen) atoms. The van der Waals surface area contributed by atoms with Crippen LogP contribution in [-0.2, 0) is 0 Å². The third kappa shape index (κ3) is 3.46. The van der Waals surface area contributed by atoms with E-state index in [1.54, 1.807) is 38.3 Å². The smallest absolute Gasteiger partial charge is 0.278 e. The van der Waals surface area contributed by atoms with Crippen molar-refractivity contribution in [2.45, 2.75) is 6.92 Å². The third-order valence-corrected chi connectivity index (χ3v) is 3.89. The fourth-order valence-corrected chi connectivity index (χ4v) is 2.44. The Balaban J connectivity index is 1.84. The Labute approximate surface area is 148 Å². The first-order valence-corrected chi connectivity index (χ1v) is 7.70. The number of anilines is 1. The molecule has 0 spiro atoms. The van der Waals surface area contributed by atoms with Crippen LogP contribution in [0.25, 0.3) is 5.69 Å². The molecule has 0 atom stereocenters. The molecule has 1 amide bonds. The summed E-state index contributed by atoms with van der Waals surface area (Å²) in [5.41, 5.74) is 1.79. The van der Waals surface area contributed by atoms with Crippen molar-refractivity contribution in [2.75, 3.05) is 12.4 Å². The molecule has 128 valence electrons. The van der Waals surface area contributed by atoms with Crippen molar-refractivity contribution in [3.05, 3.63) is 64.7 Å². The first kappa shape index (κ1) is 16.9. The summed E-state index contributed by atoms with van der Waals surface area (Å²) in [6, 6.07) is 11.1. The Morgan fingerprint density at radius 3 is 2.60 bits per heavy atom. The fourth-order valence-electron chi connectivity index (χ4n) is 2.27. The minimum Gasteiger partial charge on any atom is -0.497 e. The van der Waals surface area contributed by atoms with Crippen molar-refractivity contribution < 1.29 is 13.9 Å². The standard InChI is InChI=1S/C17H14ClFN4O2/c1-10-16(17(24)20-11-3-6-13(25-2)7-4-11)21-22-23(10)12-5-8-15(19)14(18)9-12/h3-9H,1-2H3,(H,20,24). The van der Waals surface area contributed by atoms with E-state index in [4.69, 9.17) is 16.3 Å². The second-order valence-electron chi connectivity index (χ2n) is 5.22. The summed E-state index contributed by atoms with van der Waals surface area (Å²) in [4.78, 5) is 12.4. The molecular formula is C17H14ClFN4O2. The highest BCUT2D eigenvalue weighted by Gasteiger charge is 2.18. The van der Waals surface area contributed by atoms with Gasteiger partial charge in [-0.1, -0.05) is 16.8 Å². The van der Waals surface area contributed by atoms with Gasteiger partial charge in [-0.15, -0.1) is 5.10 Å². The van der Waals surface area contributed by atoms with Crippen molar-refractivity contribution >= 4 is 23.2 Å². The molecule has 0 unspecified atom stereocenters. The quantitative estimate of drug-likeness (QED) is 0.771. The number of nitrogens with one attached hydrogen (secondary N) is 1. The van der Waals surface area contributed by atoms with Crippen LogP contribution in [0, 0.1) is 12.7 Å². The van der Waals surface area contributed by atoms with E-state index in [1.807, 2.05) is 0 Å². The maximum Gasteiger partial charge on any atom is 0.278 e. The number of halogens is 2. The van der Waals surface area contributed by atoms with Gasteiger partial charge in [-0.3, -0.25) is 4.79 Å². The molecule has 6 nitrogen and oxygen atoms in total. The number of hydrogen-bond acceptors (Lipinski definition) is 4. The number of carbonyl (C=O) groups is 1. The summed E-state index contributed by atoms with van der Waals surface area (Å²) in [5, 5.41) is 10.6. The van der Waals surface area contributed by atoms with Crippen molar-refractivity contribution in [1.29, 1.82) is 0 Å². The molecule has 0 aliphatic heterocycles. The Morgan fingerprint density at radius 2 is 1.96 bits per heavy atom. The molecular weight excluding hydrogens is 347 g/mol. The van der Waals surface area contributed by atoms with E-state index < -0.39 is 11.7 Å². The van der Waals surface area contributed by atoms with Gasteiger partial charge in [0.25, 0.3) is 5.91 Å². The molecule has 3 rings (SSSR count). The number of ether oxygens (including phenoxy) is 1. The van der Waals surface area contributed by atoms with E-state index >= 15 is 0 Å². The molecule has 1 heterocycles. The van der Waals surface area contributed by atoms with Crippen LogP contribution in [0.4, 0.5) is 10.1 Å². The van der Waals surface area contributed by atoms with Crippen molar-refractivity contribution in [2.24, 2.45) is 0 Å². The number of hydrogen-bond donors (Lipinski definition) is 1. The van der Waals surface area contributed by atoms with Gasteiger partial charge in [0.1, 0.15) is 11.6 Å². The Kier molecular flexibility index (Phi) is 4.67. The Hall–Kier alpha value is -2.93. The molecule has 0 saturated heterocycles. The van der Waals surface area contributed by atoms with Gasteiger partial charge in [0.15, 0.2) is 5.69 Å². The summed E-state index contributed by atoms with van der Waals surface area (Å²) in [5.74, 6) is -0.240. The summed E-state index contributed by atoms with van der Waals surface area (Å²) < 4.78 is 19.8. The number of methoxy groups -OCH3 is 1. The van der Waals surface area contributed by atoms with Gasteiger partial charge >= 0.3 is 0 Å². The van der Waals surface area contributed by atoms with Gasteiger partial charge in [0, 0.05) is 5.69 Å². The molecule has 3 aromatic rings. The van der Waals surface area contributed by atoms with Crippen molar-refractivity contribution in [3.8, 4) is 11.4 Å². The average molecular weight is 361 g/mol. The lowest BCUT2D eigenvalue weighted by molar-refractivity contribution is 0.102. The van der Waals surface area contributed by atoms with Gasteiger partial charge in [0.05, 0.1) is 23.5 Å². The predicted molar refractivity (Wildman–Crippen MR) is 92.0 cm³/mol. The van der Waals surface area contributed by atoms with E-state index in [1.165, 1.54) is 22.9 Å². The van der Waals surface area contributed by atoms with Crippen LogP contribution < -0.4 is 10.1 Å². The fraction of sp³-hybridized carbons (Fsp3) is 0.118. The maximum atomic E-state index is 13.3. The van der Waals surface area contributed by atoms with Crippen LogP contribution >= 0.6 is 11.6 Å². The molecule has 0 aliphatic rings. The van der Waals surface area contributed by atoms with Gasteiger partial charge in [-0.2, -0.15) is 0 Å². The van der Waals surface area contributed by atoms with Crippen LogP contribution in [-0.4, -0.2) is 28.0 Å². The number of amides is 1. The number of rotatable bonds is 4. The molecule has 1 aromatic heterocycles. The largest absolute Gasteiger partial charge is 0.497 e. The van der Waals surface area contributed by atoms with Crippen LogP contribution in [0.5, 0.6) is 5.75 Å². The number of benzene rings is 2. The highest BCUT2D eigenvalue weighted by Crippen LogP contribution is 2.21. The molecule has 0 fully saturated rings. The van der Waals surface area contributed by atoms with E-state index in [-0.39, 0.29) is 10.7 Å². The average Bonchev–Trinajstić information content (AvgIpc) is 2.99. The third-order valence-electron chi connectivity index (χ3n) is 3.61. The lowest BCUT2D eigenvalue weighted by Crippen LogP contribution is -2.14. The molecule has 8 heteroatoms. The van der Waals surface area contributed by atoms with Gasteiger partial charge < -0.3 is 10.1 Å². The van der Waals surface area contributed by atoms with Gasteiger partial charge in [-0.05, 0) is 49.4 Å². The number of aromatic nitrogens is 3. The van der Waals surface area contributed by atoms with E-state index in [0.29, 0.717) is 22.8 Å². The van der Waals surface area contributed by atoms with E-state index in [2.05, 4.69) is 15.6 Å². The van der Waals surface area contributed by atoms with Crippen LogP contribution in [0.15, 0.2) is 42.5 Å². The summed E-state index contributed by atoms with van der Waals surface area (Å²) in [6.07, 6.45) is 0. The predicted octanol–water partition coefficient (Wildman–Crippen LogP) is 3.63. The number of nitrogens with zero attached hydrogens (tertiary/aromatic N) is 3. The Morgan fingerprint density at radius 1 is 1.24 bits per heavy atom. The van der Waals surface area contributed by atoms with Crippen LogP contribution in [0.2, 0.25) is 5.02 Å². The van der Waals surface area contributed by atoms with E-state index in [9.17, 15) is 9.18 Å². The van der Waals surface area contributed by atoms with Gasteiger partial charge in [0.2, 0.25) is 0 Å². The summed E-state index contributed by atoms with van der Waals surface area (Å²) in [7, 11) is 1.57. The zero-order valence-electron chi connectivity index (χ0n) is 13.5. The molecule has 0 aliphatic carbocycles. The lowest BCUT2D eigenvalue weighted by atomic mass is 10.2. The second-order valence-corrected chi connectivity index (χ2v) is 5.62. The van der Waals surface area contributed by atoms with Crippen LogP contribution in [0.1, 0.15) is 16.2 Å². The topological polar surface area (TPSA) is 69.0 Å². The zero-order chi connectivity index (χ0) is 18.0. The molecule has 0 bridgehead atoms. The highest BCUT2D eigenvalue weighted by molar-refractivity contribution is 6.30. The number of carbonyl (C=O) groups excluding carboxylic acids is 1. The first-order valence-electron chi connectivity index (χ1n) is 7.32. The van der Waals surface area contributed by atoms with E-state index in [0.717, 1.165) is 0 Å². The molecule has 1 N–H and O–H groups in total. The summed E-state index contributed by atoms with van der Waals surface area (Å²) in [6.45, 7) is 1.69. The summed E-state index contributed by atoms with van der Waals surface area (Å²) >= 11 is 5.79. The minimum atomic E-state index is -0.527. The van der Waals surface area contributed by atoms with Crippen LogP contribution in [0.3, 0.4) is 0 Å². The second kappa shape index (κ2) is 6.90. The lowest BCUT2D eigenvalue weighted by Gasteiger charge is -2.06. The van der Waals surface area contributed by atoms with Gasteiger partial charge in [-0.25, -0.2) is 9.07 Å². The molecule has 2 aromatic carbocycles.